The Kier molecular flexibility index (Phi) is 3.88. The molecule has 0 saturated carbocycles. The van der Waals surface area contributed by atoms with E-state index in [1.807, 2.05) is 49.8 Å². The number of hydrogen-bond acceptors (Lipinski definition) is 3. The average Bonchev–Trinajstić information content (AvgIpc) is 2.95. The monoisotopic (exact) mass is 349 g/mol. The van der Waals surface area contributed by atoms with Crippen molar-refractivity contribution in [3.63, 3.8) is 0 Å². The van der Waals surface area contributed by atoms with Gasteiger partial charge >= 0.3 is 0 Å². The van der Waals surface area contributed by atoms with Crippen molar-refractivity contribution in [1.29, 1.82) is 0 Å². The third kappa shape index (κ3) is 2.74. The highest BCUT2D eigenvalue weighted by Crippen LogP contribution is 2.42. The summed E-state index contributed by atoms with van der Waals surface area (Å²) in [5.41, 5.74) is 6.78. The summed E-state index contributed by atoms with van der Waals surface area (Å²) in [6, 6.07) is 14.3. The van der Waals surface area contributed by atoms with Crippen molar-refractivity contribution in [3.05, 3.63) is 64.8 Å². The molecule has 0 saturated heterocycles. The molecule has 4 rings (SSSR count). The first-order valence-electron chi connectivity index (χ1n) is 8.21. The van der Waals surface area contributed by atoms with E-state index in [9.17, 15) is 4.79 Å². The molecule has 1 amide bonds. The lowest BCUT2D eigenvalue weighted by molar-refractivity contribution is 0.102. The van der Waals surface area contributed by atoms with Crippen LogP contribution in [0.25, 0.3) is 11.3 Å². The van der Waals surface area contributed by atoms with Crippen LogP contribution in [-0.2, 0) is 12.8 Å². The highest BCUT2D eigenvalue weighted by atomic mass is 32.2. The van der Waals surface area contributed by atoms with Crippen LogP contribution < -0.4 is 5.32 Å². The van der Waals surface area contributed by atoms with Crippen LogP contribution in [0.4, 0.5) is 5.69 Å². The summed E-state index contributed by atoms with van der Waals surface area (Å²) in [5, 5.41) is 7.54. The summed E-state index contributed by atoms with van der Waals surface area (Å²) >= 11 is 1.75. The minimum atomic E-state index is -0.149. The van der Waals surface area contributed by atoms with E-state index in [-0.39, 0.29) is 5.91 Å². The van der Waals surface area contributed by atoms with Gasteiger partial charge in [0.05, 0.1) is 5.69 Å². The second-order valence-corrected chi connectivity index (χ2v) is 7.37. The van der Waals surface area contributed by atoms with Gasteiger partial charge in [-0.1, -0.05) is 35.9 Å². The van der Waals surface area contributed by atoms with Crippen molar-refractivity contribution in [2.75, 3.05) is 5.32 Å². The highest BCUT2D eigenvalue weighted by Gasteiger charge is 2.27. The van der Waals surface area contributed by atoms with E-state index in [0.717, 1.165) is 33.8 Å². The number of carbonyl (C=O) groups is 1. The number of anilines is 1. The van der Waals surface area contributed by atoms with Crippen LogP contribution in [0.3, 0.4) is 0 Å². The fourth-order valence-electron chi connectivity index (χ4n) is 3.30. The number of carbonyl (C=O) groups excluding carboxylic acids is 1. The molecule has 0 fully saturated rings. The molecular weight excluding hydrogens is 330 g/mol. The van der Waals surface area contributed by atoms with Gasteiger partial charge < -0.3 is 5.32 Å². The van der Waals surface area contributed by atoms with Crippen LogP contribution in [0.15, 0.2) is 47.4 Å². The minimum Gasteiger partial charge on any atom is -0.320 e. The van der Waals surface area contributed by atoms with E-state index in [4.69, 9.17) is 0 Å². The predicted octanol–water partition coefficient (Wildman–Crippen LogP) is 4.56. The lowest BCUT2D eigenvalue weighted by Crippen LogP contribution is -2.15. The number of thioether (sulfide) groups is 1. The van der Waals surface area contributed by atoms with E-state index >= 15 is 0 Å². The molecule has 1 aromatic heterocycles. The third-order valence-corrected chi connectivity index (χ3v) is 5.60. The Balaban J connectivity index is 1.72. The molecule has 0 spiro atoms. The van der Waals surface area contributed by atoms with Gasteiger partial charge in [0, 0.05) is 34.5 Å². The largest absolute Gasteiger partial charge is 0.320 e. The quantitative estimate of drug-likeness (QED) is 0.738. The van der Waals surface area contributed by atoms with Crippen molar-refractivity contribution in [2.24, 2.45) is 7.05 Å². The Bertz CT molecular complexity index is 991. The van der Waals surface area contributed by atoms with Crippen molar-refractivity contribution in [1.82, 2.24) is 9.78 Å². The van der Waals surface area contributed by atoms with Crippen molar-refractivity contribution in [2.45, 2.75) is 24.5 Å². The molecule has 2 heterocycles. The van der Waals surface area contributed by atoms with Crippen molar-refractivity contribution < 1.29 is 4.79 Å². The van der Waals surface area contributed by atoms with Gasteiger partial charge in [0.25, 0.3) is 5.91 Å². The molecular formula is C20H19N3OS. The number of aromatic nitrogens is 2. The lowest BCUT2D eigenvalue weighted by atomic mass is 10.1. The first-order valence-corrected chi connectivity index (χ1v) is 9.20. The van der Waals surface area contributed by atoms with Gasteiger partial charge in [0.2, 0.25) is 0 Å². The standard InChI is InChI=1S/C20H19N3OS/c1-12-8-9-16(13(2)10-12)21-20(24)18-15-11-25-17-7-5-4-6-14(17)19(15)23(3)22-18/h4-10H,11H2,1-3H3,(H,21,24). The van der Waals surface area contributed by atoms with Gasteiger partial charge in [-0.25, -0.2) is 0 Å². The van der Waals surface area contributed by atoms with Crippen molar-refractivity contribution in [3.8, 4) is 11.3 Å². The molecule has 1 aliphatic rings. The summed E-state index contributed by atoms with van der Waals surface area (Å²) < 4.78 is 1.82. The first kappa shape index (κ1) is 16.0. The third-order valence-electron chi connectivity index (χ3n) is 4.50. The fourth-order valence-corrected chi connectivity index (χ4v) is 4.37. The molecule has 5 heteroatoms. The second-order valence-electron chi connectivity index (χ2n) is 6.36. The zero-order chi connectivity index (χ0) is 17.6. The SMILES string of the molecule is Cc1ccc(NC(=O)c2nn(C)c3c2CSc2ccccc2-3)c(C)c1. The highest BCUT2D eigenvalue weighted by molar-refractivity contribution is 7.98. The van der Waals surface area contributed by atoms with Crippen LogP contribution in [0.1, 0.15) is 27.2 Å². The zero-order valence-electron chi connectivity index (χ0n) is 14.5. The number of nitrogens with one attached hydrogen (secondary N) is 1. The molecule has 25 heavy (non-hydrogen) atoms. The van der Waals surface area contributed by atoms with E-state index in [0.29, 0.717) is 5.69 Å². The Hall–Kier alpha value is -2.53. The lowest BCUT2D eigenvalue weighted by Gasteiger charge is -2.17. The maximum atomic E-state index is 12.9. The molecule has 1 N–H and O–H groups in total. The maximum absolute atomic E-state index is 12.9. The molecule has 0 atom stereocenters. The van der Waals surface area contributed by atoms with Crippen LogP contribution in [0.5, 0.6) is 0 Å². The van der Waals surface area contributed by atoms with E-state index in [1.165, 1.54) is 10.5 Å². The Morgan fingerprint density at radius 2 is 2.00 bits per heavy atom. The summed E-state index contributed by atoms with van der Waals surface area (Å²) in [5.74, 6) is 0.610. The normalized spacial score (nSPS) is 12.4. The van der Waals surface area contributed by atoms with Gasteiger partial charge in [0.15, 0.2) is 5.69 Å². The molecule has 4 nitrogen and oxygen atoms in total. The van der Waals surface area contributed by atoms with Crippen LogP contribution in [-0.4, -0.2) is 15.7 Å². The number of rotatable bonds is 2. The number of hydrogen-bond donors (Lipinski definition) is 1. The second kappa shape index (κ2) is 6.08. The van der Waals surface area contributed by atoms with Crippen LogP contribution in [0, 0.1) is 13.8 Å². The Morgan fingerprint density at radius 1 is 1.20 bits per heavy atom. The van der Waals surface area contributed by atoms with Gasteiger partial charge in [-0.3, -0.25) is 9.48 Å². The van der Waals surface area contributed by atoms with E-state index in [2.05, 4.69) is 28.6 Å². The maximum Gasteiger partial charge on any atom is 0.276 e. The first-order chi connectivity index (χ1) is 12.0. The Labute approximate surface area is 151 Å². The number of benzene rings is 2. The number of fused-ring (bicyclic) bond motifs is 3. The average molecular weight is 349 g/mol. The zero-order valence-corrected chi connectivity index (χ0v) is 15.3. The summed E-state index contributed by atoms with van der Waals surface area (Å²) in [4.78, 5) is 14.1. The molecule has 0 aliphatic carbocycles. The molecule has 0 bridgehead atoms. The molecule has 126 valence electrons. The summed E-state index contributed by atoms with van der Waals surface area (Å²) in [6.45, 7) is 4.05. The van der Waals surface area contributed by atoms with E-state index < -0.39 is 0 Å². The van der Waals surface area contributed by atoms with Crippen LogP contribution in [0.2, 0.25) is 0 Å². The number of amides is 1. The minimum absolute atomic E-state index is 0.149. The summed E-state index contributed by atoms with van der Waals surface area (Å²) in [6.07, 6.45) is 0. The topological polar surface area (TPSA) is 46.9 Å². The van der Waals surface area contributed by atoms with Gasteiger partial charge in [-0.05, 0) is 31.5 Å². The molecule has 0 unspecified atom stereocenters. The van der Waals surface area contributed by atoms with Gasteiger partial charge in [-0.2, -0.15) is 5.10 Å². The summed E-state index contributed by atoms with van der Waals surface area (Å²) in [7, 11) is 1.90. The fraction of sp³-hybridized carbons (Fsp3) is 0.200. The molecule has 0 radical (unpaired) electrons. The molecule has 2 aromatic carbocycles. The predicted molar refractivity (Wildman–Crippen MR) is 102 cm³/mol. The van der Waals surface area contributed by atoms with Gasteiger partial charge in [0.1, 0.15) is 0 Å². The van der Waals surface area contributed by atoms with Crippen molar-refractivity contribution >= 4 is 23.4 Å². The number of aryl methyl sites for hydroxylation is 3. The van der Waals surface area contributed by atoms with E-state index in [1.54, 1.807) is 11.8 Å². The van der Waals surface area contributed by atoms with Gasteiger partial charge in [-0.15, -0.1) is 11.8 Å². The molecule has 3 aromatic rings. The molecule has 1 aliphatic heterocycles. The number of nitrogens with zero attached hydrogens (tertiary/aromatic N) is 2. The van der Waals surface area contributed by atoms with Crippen LogP contribution >= 0.6 is 11.8 Å². The Morgan fingerprint density at radius 3 is 2.80 bits per heavy atom. The smallest absolute Gasteiger partial charge is 0.276 e.